The number of halogens is 1. The molecule has 0 fully saturated rings. The van der Waals surface area contributed by atoms with Gasteiger partial charge in [0.2, 0.25) is 0 Å². The zero-order valence-corrected chi connectivity index (χ0v) is 16.5. The van der Waals surface area contributed by atoms with Gasteiger partial charge in [-0.3, -0.25) is 19.7 Å². The molecule has 0 bridgehead atoms. The van der Waals surface area contributed by atoms with Crippen molar-refractivity contribution in [3.05, 3.63) is 73.2 Å². The fourth-order valence-corrected chi connectivity index (χ4v) is 3.90. The molecule has 0 spiro atoms. The number of hydrogen-bond acceptors (Lipinski definition) is 4. The predicted molar refractivity (Wildman–Crippen MR) is 117 cm³/mol. The SMILES string of the molecule is Cn1cc(-c2cc3c(-c4cc5c(-c6cccc(F)c6)cncc5[nH]4)n[nH]c3cn2)cn1. The maximum Gasteiger partial charge on any atom is 0.123 e. The van der Waals surface area contributed by atoms with Gasteiger partial charge in [-0.25, -0.2) is 4.39 Å². The second-order valence-electron chi connectivity index (χ2n) is 7.43. The van der Waals surface area contributed by atoms with E-state index >= 15 is 0 Å². The second kappa shape index (κ2) is 6.60. The molecule has 5 aromatic heterocycles. The average Bonchev–Trinajstić information content (AvgIpc) is 3.50. The van der Waals surface area contributed by atoms with Crippen molar-refractivity contribution in [3.8, 4) is 33.8 Å². The first-order chi connectivity index (χ1) is 15.2. The van der Waals surface area contributed by atoms with Gasteiger partial charge in [-0.2, -0.15) is 10.2 Å². The monoisotopic (exact) mass is 409 g/mol. The van der Waals surface area contributed by atoms with Gasteiger partial charge in [0, 0.05) is 41.3 Å². The van der Waals surface area contributed by atoms with Gasteiger partial charge in [0.15, 0.2) is 0 Å². The molecule has 0 atom stereocenters. The molecule has 0 unspecified atom stereocenters. The van der Waals surface area contributed by atoms with E-state index in [1.165, 1.54) is 12.1 Å². The molecule has 0 aliphatic heterocycles. The third kappa shape index (κ3) is 2.88. The molecule has 0 amide bonds. The third-order valence-electron chi connectivity index (χ3n) is 5.38. The van der Waals surface area contributed by atoms with Gasteiger partial charge < -0.3 is 4.98 Å². The molecule has 6 aromatic rings. The van der Waals surface area contributed by atoms with Crippen molar-refractivity contribution in [2.45, 2.75) is 0 Å². The maximum atomic E-state index is 13.8. The smallest absolute Gasteiger partial charge is 0.123 e. The summed E-state index contributed by atoms with van der Waals surface area (Å²) in [6.45, 7) is 0. The zero-order chi connectivity index (χ0) is 20.9. The quantitative estimate of drug-likeness (QED) is 0.443. The van der Waals surface area contributed by atoms with E-state index in [1.807, 2.05) is 31.4 Å². The van der Waals surface area contributed by atoms with E-state index in [4.69, 9.17) is 0 Å². The van der Waals surface area contributed by atoms with Gasteiger partial charge in [-0.15, -0.1) is 0 Å². The Morgan fingerprint density at radius 1 is 0.935 bits per heavy atom. The molecule has 0 saturated heterocycles. The lowest BCUT2D eigenvalue weighted by Gasteiger charge is -2.02. The van der Waals surface area contributed by atoms with Crippen LogP contribution in [-0.2, 0) is 7.05 Å². The number of fused-ring (bicyclic) bond motifs is 2. The highest BCUT2D eigenvalue weighted by atomic mass is 19.1. The van der Waals surface area contributed by atoms with Crippen LogP contribution in [0.2, 0.25) is 0 Å². The number of benzene rings is 1. The van der Waals surface area contributed by atoms with Crippen molar-refractivity contribution in [2.24, 2.45) is 7.05 Å². The zero-order valence-electron chi connectivity index (χ0n) is 16.5. The summed E-state index contributed by atoms with van der Waals surface area (Å²) in [5.41, 5.74) is 6.71. The highest BCUT2D eigenvalue weighted by Gasteiger charge is 2.15. The van der Waals surface area contributed by atoms with Crippen molar-refractivity contribution in [1.82, 2.24) is 34.9 Å². The molecule has 0 saturated carbocycles. The van der Waals surface area contributed by atoms with Crippen molar-refractivity contribution < 1.29 is 4.39 Å². The van der Waals surface area contributed by atoms with Gasteiger partial charge in [-0.1, -0.05) is 12.1 Å². The number of nitrogens with one attached hydrogen (secondary N) is 2. The van der Waals surface area contributed by atoms with E-state index in [9.17, 15) is 4.39 Å². The summed E-state index contributed by atoms with van der Waals surface area (Å²) >= 11 is 0. The fraction of sp³-hybridized carbons (Fsp3) is 0.0435. The van der Waals surface area contributed by atoms with Crippen LogP contribution in [0.1, 0.15) is 0 Å². The van der Waals surface area contributed by atoms with Gasteiger partial charge in [0.05, 0.1) is 41.0 Å². The van der Waals surface area contributed by atoms with E-state index in [0.717, 1.165) is 55.6 Å². The first kappa shape index (κ1) is 17.5. The van der Waals surface area contributed by atoms with Crippen LogP contribution in [0.5, 0.6) is 0 Å². The van der Waals surface area contributed by atoms with Crippen molar-refractivity contribution in [3.63, 3.8) is 0 Å². The average molecular weight is 409 g/mol. The van der Waals surface area contributed by atoms with Crippen LogP contribution in [0.4, 0.5) is 4.39 Å². The predicted octanol–water partition coefficient (Wildman–Crippen LogP) is 4.71. The van der Waals surface area contributed by atoms with Gasteiger partial charge in [0.25, 0.3) is 0 Å². The van der Waals surface area contributed by atoms with Crippen LogP contribution in [0, 0.1) is 5.82 Å². The molecule has 5 heterocycles. The van der Waals surface area contributed by atoms with E-state index in [0.29, 0.717) is 0 Å². The van der Waals surface area contributed by atoms with Crippen LogP contribution in [0.25, 0.3) is 55.6 Å². The molecule has 7 nitrogen and oxygen atoms in total. The number of rotatable bonds is 3. The summed E-state index contributed by atoms with van der Waals surface area (Å²) in [4.78, 5) is 12.3. The summed E-state index contributed by atoms with van der Waals surface area (Å²) in [5, 5.41) is 13.7. The van der Waals surface area contributed by atoms with Crippen LogP contribution in [0.3, 0.4) is 0 Å². The molecule has 0 radical (unpaired) electrons. The minimum atomic E-state index is -0.279. The minimum Gasteiger partial charge on any atom is -0.352 e. The van der Waals surface area contributed by atoms with E-state index < -0.39 is 0 Å². The molecule has 0 aliphatic carbocycles. The van der Waals surface area contributed by atoms with Crippen molar-refractivity contribution in [1.29, 1.82) is 0 Å². The number of aromatic nitrogens is 7. The van der Waals surface area contributed by atoms with Crippen molar-refractivity contribution in [2.75, 3.05) is 0 Å². The highest BCUT2D eigenvalue weighted by molar-refractivity contribution is 6.01. The van der Waals surface area contributed by atoms with E-state index in [1.54, 1.807) is 35.5 Å². The first-order valence-corrected chi connectivity index (χ1v) is 9.72. The van der Waals surface area contributed by atoms with E-state index in [-0.39, 0.29) is 5.82 Å². The summed E-state index contributed by atoms with van der Waals surface area (Å²) in [6, 6.07) is 10.6. The summed E-state index contributed by atoms with van der Waals surface area (Å²) in [6.07, 6.45) is 9.00. The maximum absolute atomic E-state index is 13.8. The van der Waals surface area contributed by atoms with Crippen molar-refractivity contribution >= 4 is 21.8 Å². The molecular weight excluding hydrogens is 393 g/mol. The summed E-state index contributed by atoms with van der Waals surface area (Å²) < 4.78 is 15.5. The molecule has 31 heavy (non-hydrogen) atoms. The Kier molecular flexibility index (Phi) is 3.73. The standard InChI is InChI=1S/C23H16FN7/c1-31-12-14(8-27-31)19-7-17-22(11-26-19)29-30-23(17)20-6-16-18(9-25-10-21(16)28-20)13-3-2-4-15(24)5-13/h2-12,28H,1H3,(H,29,30). The molecule has 8 heteroatoms. The number of aromatic amines is 2. The number of hydrogen-bond donors (Lipinski definition) is 2. The number of nitrogens with zero attached hydrogens (tertiary/aromatic N) is 5. The van der Waals surface area contributed by atoms with Crippen LogP contribution < -0.4 is 0 Å². The molecule has 6 rings (SSSR count). The summed E-state index contributed by atoms with van der Waals surface area (Å²) in [7, 11) is 1.88. The van der Waals surface area contributed by atoms with Crippen LogP contribution >= 0.6 is 0 Å². The van der Waals surface area contributed by atoms with Gasteiger partial charge >= 0.3 is 0 Å². The molecule has 1 aromatic carbocycles. The summed E-state index contributed by atoms with van der Waals surface area (Å²) in [5.74, 6) is -0.279. The van der Waals surface area contributed by atoms with Crippen LogP contribution in [-0.4, -0.2) is 34.9 Å². The number of pyridine rings is 2. The van der Waals surface area contributed by atoms with Gasteiger partial charge in [0.1, 0.15) is 11.5 Å². The lowest BCUT2D eigenvalue weighted by molar-refractivity contribution is 0.628. The lowest BCUT2D eigenvalue weighted by atomic mass is 10.0. The van der Waals surface area contributed by atoms with Gasteiger partial charge in [-0.05, 0) is 29.8 Å². The Labute approximate surface area is 175 Å². The fourth-order valence-electron chi connectivity index (χ4n) is 3.90. The topological polar surface area (TPSA) is 88.1 Å². The molecule has 150 valence electrons. The Balaban J connectivity index is 1.51. The normalized spacial score (nSPS) is 11.5. The Morgan fingerprint density at radius 3 is 2.71 bits per heavy atom. The Hall–Kier alpha value is -4.33. The largest absolute Gasteiger partial charge is 0.352 e. The highest BCUT2D eigenvalue weighted by Crippen LogP contribution is 2.34. The van der Waals surface area contributed by atoms with E-state index in [2.05, 4.69) is 30.2 Å². The molecular formula is C23H16FN7. The lowest BCUT2D eigenvalue weighted by Crippen LogP contribution is -1.85. The third-order valence-corrected chi connectivity index (χ3v) is 5.38. The molecule has 0 aliphatic rings. The Bertz CT molecular complexity index is 1570. The second-order valence-corrected chi connectivity index (χ2v) is 7.43. The first-order valence-electron chi connectivity index (χ1n) is 9.72. The number of aryl methyl sites for hydroxylation is 1. The number of H-pyrrole nitrogens is 2. The minimum absolute atomic E-state index is 0.279. The van der Waals surface area contributed by atoms with Crippen LogP contribution in [0.15, 0.2) is 67.4 Å². The molecule has 2 N–H and O–H groups in total. The Morgan fingerprint density at radius 2 is 1.87 bits per heavy atom.